The summed E-state index contributed by atoms with van der Waals surface area (Å²) < 4.78 is 0. The minimum Gasteiger partial charge on any atom is -0.341 e. The van der Waals surface area contributed by atoms with E-state index in [-0.39, 0.29) is 11.3 Å². The highest BCUT2D eigenvalue weighted by Gasteiger charge is 2.35. The lowest BCUT2D eigenvalue weighted by molar-refractivity contribution is -0.136. The molecule has 1 heterocycles. The summed E-state index contributed by atoms with van der Waals surface area (Å²) in [5.41, 5.74) is 0.392. The van der Waals surface area contributed by atoms with Gasteiger partial charge in [-0.1, -0.05) is 20.8 Å². The van der Waals surface area contributed by atoms with Crippen molar-refractivity contribution in [2.45, 2.75) is 58.3 Å². The van der Waals surface area contributed by atoms with E-state index < -0.39 is 0 Å². The van der Waals surface area contributed by atoms with E-state index in [9.17, 15) is 4.79 Å². The number of nitrogens with zero attached hydrogens (tertiary/aromatic N) is 1. The molecule has 2 fully saturated rings. The van der Waals surface area contributed by atoms with Crippen molar-refractivity contribution in [3.63, 3.8) is 0 Å². The lowest BCUT2D eigenvalue weighted by Crippen LogP contribution is -2.37. The van der Waals surface area contributed by atoms with Gasteiger partial charge < -0.3 is 4.90 Å². The molecule has 3 heteroatoms. The van der Waals surface area contributed by atoms with Crippen LogP contribution in [0.5, 0.6) is 0 Å². The quantitative estimate of drug-likeness (QED) is 0.666. The lowest BCUT2D eigenvalue weighted by atomic mass is 9.69. The zero-order valence-electron chi connectivity index (χ0n) is 11.9. The summed E-state index contributed by atoms with van der Waals surface area (Å²) in [7, 11) is 0. The van der Waals surface area contributed by atoms with Gasteiger partial charge in [0.05, 0.1) is 5.38 Å². The average molecular weight is 272 g/mol. The van der Waals surface area contributed by atoms with Crippen LogP contribution in [0.1, 0.15) is 52.9 Å². The first-order valence-electron chi connectivity index (χ1n) is 7.31. The predicted molar refractivity (Wildman–Crippen MR) is 75.7 cm³/mol. The van der Waals surface area contributed by atoms with Crippen molar-refractivity contribution in [1.29, 1.82) is 0 Å². The molecule has 0 N–H and O–H groups in total. The van der Waals surface area contributed by atoms with E-state index in [0.29, 0.717) is 11.3 Å². The number of likely N-dealkylation sites (tertiary alicyclic amines) is 1. The molecule has 0 spiro atoms. The normalized spacial score (nSPS) is 33.8. The van der Waals surface area contributed by atoms with E-state index in [0.717, 1.165) is 38.3 Å². The first-order valence-corrected chi connectivity index (χ1v) is 7.74. The highest BCUT2D eigenvalue weighted by Crippen LogP contribution is 2.40. The van der Waals surface area contributed by atoms with Crippen molar-refractivity contribution in [2.75, 3.05) is 13.1 Å². The van der Waals surface area contributed by atoms with E-state index >= 15 is 0 Å². The minimum atomic E-state index is 0.180. The molecule has 1 saturated heterocycles. The van der Waals surface area contributed by atoms with Crippen LogP contribution < -0.4 is 0 Å². The van der Waals surface area contributed by atoms with Gasteiger partial charge in [0, 0.05) is 19.0 Å². The van der Waals surface area contributed by atoms with E-state index in [2.05, 4.69) is 20.8 Å². The van der Waals surface area contributed by atoms with E-state index in [4.69, 9.17) is 11.6 Å². The number of hydrogen-bond donors (Lipinski definition) is 0. The van der Waals surface area contributed by atoms with Gasteiger partial charge in [-0.25, -0.2) is 0 Å². The first-order chi connectivity index (χ1) is 8.38. The van der Waals surface area contributed by atoms with Gasteiger partial charge in [-0.3, -0.25) is 4.79 Å². The highest BCUT2D eigenvalue weighted by molar-refractivity contribution is 6.21. The van der Waals surface area contributed by atoms with E-state index in [1.807, 2.05) is 4.90 Å². The van der Waals surface area contributed by atoms with E-state index in [1.54, 1.807) is 0 Å². The van der Waals surface area contributed by atoms with Crippen molar-refractivity contribution < 1.29 is 4.79 Å². The molecule has 1 unspecified atom stereocenters. The van der Waals surface area contributed by atoms with Crippen molar-refractivity contribution in [3.05, 3.63) is 0 Å². The molecule has 0 bridgehead atoms. The Morgan fingerprint density at radius 2 is 1.72 bits per heavy atom. The third kappa shape index (κ3) is 3.20. The van der Waals surface area contributed by atoms with Crippen LogP contribution in [-0.4, -0.2) is 29.3 Å². The van der Waals surface area contributed by atoms with Crippen LogP contribution in [0.3, 0.4) is 0 Å². The minimum absolute atomic E-state index is 0.180. The highest BCUT2D eigenvalue weighted by atomic mass is 35.5. The fourth-order valence-electron chi connectivity index (χ4n) is 3.38. The number of rotatable bonds is 1. The Morgan fingerprint density at radius 1 is 1.11 bits per heavy atom. The Kier molecular flexibility index (Phi) is 4.25. The fourth-order valence-corrected chi connectivity index (χ4v) is 3.65. The maximum atomic E-state index is 12.4. The Hall–Kier alpha value is -0.240. The number of hydrogen-bond acceptors (Lipinski definition) is 1. The summed E-state index contributed by atoms with van der Waals surface area (Å²) in [5.74, 6) is 1.41. The predicted octanol–water partition coefficient (Wildman–Crippen LogP) is 3.68. The molecule has 0 radical (unpaired) electrons. The third-order valence-corrected chi connectivity index (χ3v) is 5.10. The molecular formula is C15H26ClNO. The maximum absolute atomic E-state index is 12.4. The van der Waals surface area contributed by atoms with Gasteiger partial charge in [-0.15, -0.1) is 11.6 Å². The number of carbonyl (C=O) groups excluding carboxylic acids is 1. The molecule has 104 valence electrons. The third-order valence-electron chi connectivity index (χ3n) is 4.74. The largest absolute Gasteiger partial charge is 0.341 e. The van der Waals surface area contributed by atoms with Gasteiger partial charge in [0.2, 0.25) is 5.91 Å². The molecule has 2 rings (SSSR count). The maximum Gasteiger partial charge on any atom is 0.225 e. The molecule has 2 nitrogen and oxygen atoms in total. The standard InChI is InChI=1S/C15H26ClNO/c1-15(2,3)12-6-4-11(5-7-12)14(18)17-9-8-13(16)10-17/h11-13H,4-10H2,1-3H3. The van der Waals surface area contributed by atoms with Crippen LogP contribution in [0.4, 0.5) is 0 Å². The van der Waals surface area contributed by atoms with Gasteiger partial charge in [0.1, 0.15) is 0 Å². The molecule has 0 aromatic carbocycles. The first kappa shape index (κ1) is 14.2. The van der Waals surface area contributed by atoms with Crippen molar-refractivity contribution in [1.82, 2.24) is 4.90 Å². The van der Waals surface area contributed by atoms with Crippen LogP contribution in [0.15, 0.2) is 0 Å². The molecule has 1 atom stereocenters. The number of alkyl halides is 1. The van der Waals surface area contributed by atoms with Crippen molar-refractivity contribution >= 4 is 17.5 Å². The zero-order chi connectivity index (χ0) is 13.3. The smallest absolute Gasteiger partial charge is 0.225 e. The second kappa shape index (κ2) is 5.40. The molecule has 0 aromatic rings. The molecule has 2 aliphatic rings. The molecule has 18 heavy (non-hydrogen) atoms. The molecule has 1 aliphatic heterocycles. The fraction of sp³-hybridized carbons (Fsp3) is 0.933. The summed E-state index contributed by atoms with van der Waals surface area (Å²) in [6.45, 7) is 8.58. The second-order valence-electron chi connectivity index (χ2n) is 7.08. The van der Waals surface area contributed by atoms with Gasteiger partial charge in [0.25, 0.3) is 0 Å². The molecule has 0 aromatic heterocycles. The van der Waals surface area contributed by atoms with Gasteiger partial charge >= 0.3 is 0 Å². The van der Waals surface area contributed by atoms with Gasteiger partial charge in [-0.2, -0.15) is 0 Å². The Bertz CT molecular complexity index is 302. The molecule has 1 aliphatic carbocycles. The SMILES string of the molecule is CC(C)(C)C1CCC(C(=O)N2CCC(Cl)C2)CC1. The summed E-state index contributed by atoms with van der Waals surface area (Å²) in [4.78, 5) is 14.4. The Balaban J connectivity index is 1.84. The van der Waals surface area contributed by atoms with Crippen molar-refractivity contribution in [3.8, 4) is 0 Å². The topological polar surface area (TPSA) is 20.3 Å². The summed E-state index contributed by atoms with van der Waals surface area (Å²) in [5, 5.41) is 0.180. The van der Waals surface area contributed by atoms with Gasteiger partial charge in [-0.05, 0) is 43.4 Å². The molecular weight excluding hydrogens is 246 g/mol. The zero-order valence-corrected chi connectivity index (χ0v) is 12.7. The Labute approximate surface area is 116 Å². The average Bonchev–Trinajstić information content (AvgIpc) is 2.74. The number of halogens is 1. The Morgan fingerprint density at radius 3 is 2.17 bits per heavy atom. The summed E-state index contributed by atoms with van der Waals surface area (Å²) >= 11 is 6.08. The van der Waals surface area contributed by atoms with E-state index in [1.165, 1.54) is 12.8 Å². The molecule has 1 amide bonds. The monoisotopic (exact) mass is 271 g/mol. The summed E-state index contributed by atoms with van der Waals surface area (Å²) in [6, 6.07) is 0. The van der Waals surface area contributed by atoms with Crippen LogP contribution in [-0.2, 0) is 4.79 Å². The number of carbonyl (C=O) groups is 1. The van der Waals surface area contributed by atoms with Crippen LogP contribution in [0.25, 0.3) is 0 Å². The number of amides is 1. The second-order valence-corrected chi connectivity index (χ2v) is 7.70. The van der Waals surface area contributed by atoms with Crippen LogP contribution in [0.2, 0.25) is 0 Å². The summed E-state index contributed by atoms with van der Waals surface area (Å²) in [6.07, 6.45) is 5.52. The van der Waals surface area contributed by atoms with Gasteiger partial charge in [0.15, 0.2) is 0 Å². The van der Waals surface area contributed by atoms with Crippen LogP contribution >= 0.6 is 11.6 Å². The molecule has 1 saturated carbocycles. The van der Waals surface area contributed by atoms with Crippen molar-refractivity contribution in [2.24, 2.45) is 17.3 Å². The van der Waals surface area contributed by atoms with Crippen LogP contribution in [0, 0.1) is 17.3 Å². The lowest BCUT2D eigenvalue weighted by Gasteiger charge is -2.37.